The predicted octanol–water partition coefficient (Wildman–Crippen LogP) is 5.51. The summed E-state index contributed by atoms with van der Waals surface area (Å²) in [4.78, 5) is 23.0. The molecule has 0 fully saturated rings. The van der Waals surface area contributed by atoms with Gasteiger partial charge in [0.1, 0.15) is 18.1 Å². The molecular weight excluding hydrogens is 555 g/mol. The van der Waals surface area contributed by atoms with Crippen molar-refractivity contribution in [2.24, 2.45) is 5.10 Å². The summed E-state index contributed by atoms with van der Waals surface area (Å²) in [6, 6.07) is 20.5. The summed E-state index contributed by atoms with van der Waals surface area (Å²) >= 11 is 12.1. The van der Waals surface area contributed by atoms with Crippen LogP contribution in [0.1, 0.15) is 5.76 Å². The first-order chi connectivity index (χ1) is 18.1. The Kier molecular flexibility index (Phi) is 8.10. The molecule has 0 unspecified atom stereocenters. The van der Waals surface area contributed by atoms with Gasteiger partial charge in [0.25, 0.3) is 21.6 Å². The maximum absolute atomic E-state index is 13.3. The number of halogens is 2. The molecule has 1 aromatic heterocycles. The minimum absolute atomic E-state index is 0.0568. The number of nitrogens with zero attached hydrogens (tertiary/aromatic N) is 3. The molecule has 4 rings (SSSR count). The lowest BCUT2D eigenvalue weighted by atomic mass is 10.2. The molecule has 1 heterocycles. The predicted molar refractivity (Wildman–Crippen MR) is 144 cm³/mol. The number of sulfonamides is 1. The largest absolute Gasteiger partial charge is 0.455 e. The van der Waals surface area contributed by atoms with E-state index in [1.54, 1.807) is 48.5 Å². The van der Waals surface area contributed by atoms with Crippen molar-refractivity contribution in [2.75, 3.05) is 10.8 Å². The Morgan fingerprint density at radius 2 is 1.74 bits per heavy atom. The number of amides is 1. The molecule has 0 bridgehead atoms. The lowest BCUT2D eigenvalue weighted by Crippen LogP contribution is -2.39. The van der Waals surface area contributed by atoms with Gasteiger partial charge in [0.05, 0.1) is 26.7 Å². The normalized spacial score (nSPS) is 11.4. The Morgan fingerprint density at radius 1 is 1.03 bits per heavy atom. The van der Waals surface area contributed by atoms with Crippen molar-refractivity contribution >= 4 is 56.7 Å². The van der Waals surface area contributed by atoms with Crippen molar-refractivity contribution < 1.29 is 22.6 Å². The number of rotatable bonds is 9. The number of hydrazone groups is 1. The van der Waals surface area contributed by atoms with E-state index < -0.39 is 27.4 Å². The number of benzene rings is 3. The van der Waals surface area contributed by atoms with E-state index in [9.17, 15) is 23.3 Å². The molecule has 0 saturated carbocycles. The average molecular weight is 573 g/mol. The molecule has 0 spiro atoms. The third-order valence-electron chi connectivity index (χ3n) is 5.17. The molecule has 1 amide bonds. The van der Waals surface area contributed by atoms with E-state index in [0.29, 0.717) is 27.1 Å². The second kappa shape index (κ2) is 11.5. The van der Waals surface area contributed by atoms with Gasteiger partial charge in [0.15, 0.2) is 0 Å². The van der Waals surface area contributed by atoms with Crippen LogP contribution in [0, 0.1) is 10.1 Å². The van der Waals surface area contributed by atoms with E-state index in [4.69, 9.17) is 27.6 Å². The summed E-state index contributed by atoms with van der Waals surface area (Å²) in [7, 11) is -4.18. The molecule has 10 nitrogen and oxygen atoms in total. The number of hydrogen-bond donors (Lipinski definition) is 1. The fraction of sp³-hybridized carbons (Fsp3) is 0.0400. The van der Waals surface area contributed by atoms with Crippen molar-refractivity contribution in [1.82, 2.24) is 5.43 Å². The fourth-order valence-electron chi connectivity index (χ4n) is 3.37. The molecule has 0 aliphatic heterocycles. The summed E-state index contributed by atoms with van der Waals surface area (Å²) in [6.07, 6.45) is 1.24. The Hall–Kier alpha value is -4.19. The van der Waals surface area contributed by atoms with E-state index in [-0.39, 0.29) is 16.3 Å². The van der Waals surface area contributed by atoms with Crippen LogP contribution in [0.25, 0.3) is 11.3 Å². The average Bonchev–Trinajstić information content (AvgIpc) is 3.36. The Bertz CT molecular complexity index is 1610. The summed E-state index contributed by atoms with van der Waals surface area (Å²) in [5.41, 5.74) is 2.72. The minimum atomic E-state index is -4.18. The first kappa shape index (κ1) is 26.9. The molecule has 194 valence electrons. The van der Waals surface area contributed by atoms with Gasteiger partial charge in [-0.2, -0.15) is 5.10 Å². The highest BCUT2D eigenvalue weighted by atomic mass is 35.5. The first-order valence-corrected chi connectivity index (χ1v) is 13.0. The summed E-state index contributed by atoms with van der Waals surface area (Å²) < 4.78 is 33.1. The molecule has 4 aromatic rings. The van der Waals surface area contributed by atoms with Crippen LogP contribution >= 0.6 is 23.2 Å². The Balaban J connectivity index is 1.51. The van der Waals surface area contributed by atoms with E-state index in [2.05, 4.69) is 10.5 Å². The van der Waals surface area contributed by atoms with Crippen LogP contribution in [0.4, 0.5) is 11.4 Å². The van der Waals surface area contributed by atoms with Crippen LogP contribution in [-0.2, 0) is 14.8 Å². The van der Waals surface area contributed by atoms with Gasteiger partial charge in [0, 0.05) is 22.7 Å². The number of non-ortho nitro benzene ring substituents is 1. The van der Waals surface area contributed by atoms with Crippen molar-refractivity contribution in [3.63, 3.8) is 0 Å². The zero-order valence-electron chi connectivity index (χ0n) is 19.3. The number of hydrogen-bond acceptors (Lipinski definition) is 7. The lowest BCUT2D eigenvalue weighted by Gasteiger charge is -2.23. The molecule has 0 saturated heterocycles. The standard InChI is InChI=1S/C25H18Cl2N4O6S/c26-17-6-12-22(23(27)14-17)24-13-11-20(37-24)15-28-29-25(32)16-30(18-7-9-19(10-8-18)31(33)34)38(35,36)21-4-2-1-3-5-21/h1-15H,16H2,(H,29,32)/b28-15-. The number of carbonyl (C=O) groups excluding carboxylic acids is 1. The van der Waals surface area contributed by atoms with Gasteiger partial charge < -0.3 is 4.42 Å². The van der Waals surface area contributed by atoms with Crippen LogP contribution in [0.3, 0.4) is 0 Å². The smallest absolute Gasteiger partial charge is 0.269 e. The SMILES string of the molecule is O=C(CN(c1ccc([N+](=O)[O-])cc1)S(=O)(=O)c1ccccc1)N/N=C\c1ccc(-c2ccc(Cl)cc2Cl)o1. The number of nitro benzene ring substituents is 1. The summed E-state index contributed by atoms with van der Waals surface area (Å²) in [5.74, 6) is -0.000160. The number of carbonyl (C=O) groups is 1. The summed E-state index contributed by atoms with van der Waals surface area (Å²) in [5, 5.41) is 15.7. The van der Waals surface area contributed by atoms with Gasteiger partial charge in [-0.3, -0.25) is 19.2 Å². The van der Waals surface area contributed by atoms with Crippen LogP contribution in [0.2, 0.25) is 10.0 Å². The van der Waals surface area contributed by atoms with Crippen LogP contribution in [0.15, 0.2) is 99.3 Å². The number of anilines is 1. The van der Waals surface area contributed by atoms with Gasteiger partial charge >= 0.3 is 0 Å². The fourth-order valence-corrected chi connectivity index (χ4v) is 5.31. The van der Waals surface area contributed by atoms with Crippen molar-refractivity contribution in [1.29, 1.82) is 0 Å². The third kappa shape index (κ3) is 6.20. The maximum Gasteiger partial charge on any atom is 0.269 e. The second-order valence-electron chi connectivity index (χ2n) is 7.72. The Morgan fingerprint density at radius 3 is 2.39 bits per heavy atom. The highest BCUT2D eigenvalue weighted by Crippen LogP contribution is 2.31. The zero-order chi connectivity index (χ0) is 27.3. The van der Waals surface area contributed by atoms with Gasteiger partial charge in [-0.05, 0) is 54.6 Å². The number of nitrogens with one attached hydrogen (secondary N) is 1. The van der Waals surface area contributed by atoms with Crippen molar-refractivity contribution in [2.45, 2.75) is 4.90 Å². The van der Waals surface area contributed by atoms with Crippen molar-refractivity contribution in [3.8, 4) is 11.3 Å². The molecule has 13 heteroatoms. The van der Waals surface area contributed by atoms with E-state index >= 15 is 0 Å². The molecule has 1 N–H and O–H groups in total. The molecule has 0 atom stereocenters. The van der Waals surface area contributed by atoms with Gasteiger partial charge in [0.2, 0.25) is 0 Å². The maximum atomic E-state index is 13.3. The van der Waals surface area contributed by atoms with Gasteiger partial charge in [-0.25, -0.2) is 13.8 Å². The van der Waals surface area contributed by atoms with Gasteiger partial charge in [-0.15, -0.1) is 0 Å². The monoisotopic (exact) mass is 572 g/mol. The molecule has 0 radical (unpaired) electrons. The molecule has 0 aliphatic carbocycles. The van der Waals surface area contributed by atoms with Crippen LogP contribution in [-0.4, -0.2) is 32.0 Å². The van der Waals surface area contributed by atoms with Crippen LogP contribution < -0.4 is 9.73 Å². The third-order valence-corrected chi connectivity index (χ3v) is 7.51. The minimum Gasteiger partial charge on any atom is -0.455 e. The van der Waals surface area contributed by atoms with E-state index in [1.165, 1.54) is 30.5 Å². The van der Waals surface area contributed by atoms with Crippen LogP contribution in [0.5, 0.6) is 0 Å². The van der Waals surface area contributed by atoms with E-state index in [0.717, 1.165) is 16.4 Å². The number of nitro groups is 1. The lowest BCUT2D eigenvalue weighted by molar-refractivity contribution is -0.384. The topological polar surface area (TPSA) is 135 Å². The first-order valence-electron chi connectivity index (χ1n) is 10.8. The zero-order valence-corrected chi connectivity index (χ0v) is 21.7. The molecular formula is C25H18Cl2N4O6S. The highest BCUT2D eigenvalue weighted by Gasteiger charge is 2.27. The highest BCUT2D eigenvalue weighted by molar-refractivity contribution is 7.92. The Labute approximate surface area is 227 Å². The molecule has 3 aromatic carbocycles. The van der Waals surface area contributed by atoms with Gasteiger partial charge in [-0.1, -0.05) is 41.4 Å². The number of furan rings is 1. The quantitative estimate of drug-likeness (QED) is 0.159. The second-order valence-corrected chi connectivity index (χ2v) is 10.4. The van der Waals surface area contributed by atoms with Crippen molar-refractivity contribution in [3.05, 3.63) is 111 Å². The van der Waals surface area contributed by atoms with E-state index in [1.807, 2.05) is 0 Å². The summed E-state index contributed by atoms with van der Waals surface area (Å²) in [6.45, 7) is -0.643. The molecule has 38 heavy (non-hydrogen) atoms. The molecule has 0 aliphatic rings.